The van der Waals surface area contributed by atoms with Crippen LogP contribution < -0.4 is 10.6 Å². The lowest BCUT2D eigenvalue weighted by molar-refractivity contribution is 0.741. The van der Waals surface area contributed by atoms with Crippen molar-refractivity contribution in [1.29, 1.82) is 0 Å². The molecule has 1 heterocycles. The summed E-state index contributed by atoms with van der Waals surface area (Å²) in [5.41, 5.74) is 1.12. The van der Waals surface area contributed by atoms with Crippen LogP contribution in [0.1, 0.15) is 51.4 Å². The lowest BCUT2D eigenvalue weighted by Gasteiger charge is -2.14. The highest BCUT2D eigenvalue weighted by Gasteiger charge is 2.08. The molecular formula is C14H26N4. The Morgan fingerprint density at radius 1 is 0.944 bits per heavy atom. The molecule has 0 aromatic carbocycles. The molecule has 0 amide bonds. The van der Waals surface area contributed by atoms with E-state index >= 15 is 0 Å². The van der Waals surface area contributed by atoms with Gasteiger partial charge in [-0.1, -0.05) is 26.7 Å². The van der Waals surface area contributed by atoms with Crippen LogP contribution in [-0.4, -0.2) is 23.1 Å². The second kappa shape index (κ2) is 7.90. The van der Waals surface area contributed by atoms with Crippen molar-refractivity contribution in [2.75, 3.05) is 23.7 Å². The van der Waals surface area contributed by atoms with Crippen molar-refractivity contribution in [2.24, 2.45) is 0 Å². The quantitative estimate of drug-likeness (QED) is 0.694. The number of rotatable bonds is 8. The average Bonchev–Trinajstić information content (AvgIpc) is 2.38. The molecule has 18 heavy (non-hydrogen) atoms. The monoisotopic (exact) mass is 250 g/mol. The molecule has 4 nitrogen and oxygen atoms in total. The van der Waals surface area contributed by atoms with Crippen molar-refractivity contribution in [2.45, 2.75) is 53.4 Å². The molecule has 0 saturated carbocycles. The number of nitrogens with one attached hydrogen (secondary N) is 2. The van der Waals surface area contributed by atoms with E-state index in [1.54, 1.807) is 0 Å². The summed E-state index contributed by atoms with van der Waals surface area (Å²) >= 11 is 0. The standard InChI is InChI=1S/C14H26N4/c1-5-8-9-10-16-14-11(4)13(15-7-3)17-12(6-2)18-14/h5-10H2,1-4H3,(H2,15,16,17,18). The summed E-state index contributed by atoms with van der Waals surface area (Å²) in [6, 6.07) is 0. The number of anilines is 2. The molecule has 0 unspecified atom stereocenters. The first-order chi connectivity index (χ1) is 8.72. The van der Waals surface area contributed by atoms with Gasteiger partial charge in [-0.3, -0.25) is 0 Å². The molecular weight excluding hydrogens is 224 g/mol. The number of unbranched alkanes of at least 4 members (excludes halogenated alkanes) is 2. The molecule has 1 aromatic heterocycles. The van der Waals surface area contributed by atoms with Crippen LogP contribution >= 0.6 is 0 Å². The van der Waals surface area contributed by atoms with Crippen LogP contribution in [0.4, 0.5) is 11.6 Å². The SMILES string of the molecule is CCCCCNc1nc(CC)nc(NCC)c1C. The fraction of sp³-hybridized carbons (Fsp3) is 0.714. The number of hydrogen-bond donors (Lipinski definition) is 2. The Morgan fingerprint density at radius 3 is 2.17 bits per heavy atom. The van der Waals surface area contributed by atoms with Crippen LogP contribution in [0, 0.1) is 6.92 Å². The summed E-state index contributed by atoms with van der Waals surface area (Å²) in [4.78, 5) is 9.09. The van der Waals surface area contributed by atoms with Gasteiger partial charge in [0.1, 0.15) is 17.5 Å². The maximum atomic E-state index is 4.57. The Morgan fingerprint density at radius 2 is 1.61 bits per heavy atom. The summed E-state index contributed by atoms with van der Waals surface area (Å²) in [6.07, 6.45) is 4.56. The van der Waals surface area contributed by atoms with E-state index in [1.807, 2.05) is 0 Å². The van der Waals surface area contributed by atoms with E-state index in [9.17, 15) is 0 Å². The first-order valence-corrected chi connectivity index (χ1v) is 7.08. The highest BCUT2D eigenvalue weighted by Crippen LogP contribution is 2.20. The zero-order chi connectivity index (χ0) is 13.4. The fourth-order valence-corrected chi connectivity index (χ4v) is 1.81. The van der Waals surface area contributed by atoms with Gasteiger partial charge in [0.2, 0.25) is 0 Å². The maximum Gasteiger partial charge on any atom is 0.134 e. The van der Waals surface area contributed by atoms with Crippen LogP contribution in [0.25, 0.3) is 0 Å². The molecule has 0 aliphatic carbocycles. The normalized spacial score (nSPS) is 10.4. The Hall–Kier alpha value is -1.32. The van der Waals surface area contributed by atoms with E-state index in [2.05, 4.69) is 48.3 Å². The molecule has 0 bridgehead atoms. The Labute approximate surface area is 111 Å². The van der Waals surface area contributed by atoms with E-state index in [0.29, 0.717) is 0 Å². The molecule has 0 aliphatic heterocycles. The summed E-state index contributed by atoms with van der Waals surface area (Å²) in [5, 5.41) is 6.73. The van der Waals surface area contributed by atoms with Gasteiger partial charge in [-0.2, -0.15) is 0 Å². The summed E-state index contributed by atoms with van der Waals surface area (Å²) in [6.45, 7) is 10.3. The minimum atomic E-state index is 0.863. The van der Waals surface area contributed by atoms with Crippen molar-refractivity contribution in [3.05, 3.63) is 11.4 Å². The molecule has 1 aromatic rings. The van der Waals surface area contributed by atoms with Crippen molar-refractivity contribution in [1.82, 2.24) is 9.97 Å². The summed E-state index contributed by atoms with van der Waals surface area (Å²) in [5.74, 6) is 2.84. The van der Waals surface area contributed by atoms with Gasteiger partial charge in [0.25, 0.3) is 0 Å². The predicted molar refractivity (Wildman–Crippen MR) is 78.3 cm³/mol. The van der Waals surface area contributed by atoms with Gasteiger partial charge in [0.15, 0.2) is 0 Å². The first kappa shape index (κ1) is 14.7. The van der Waals surface area contributed by atoms with Crippen molar-refractivity contribution >= 4 is 11.6 Å². The minimum Gasteiger partial charge on any atom is -0.370 e. The van der Waals surface area contributed by atoms with Gasteiger partial charge in [0.05, 0.1) is 0 Å². The molecule has 4 heteroatoms. The Balaban J connectivity index is 2.77. The van der Waals surface area contributed by atoms with Crippen LogP contribution in [0.2, 0.25) is 0 Å². The third kappa shape index (κ3) is 4.17. The zero-order valence-electron chi connectivity index (χ0n) is 12.1. The first-order valence-electron chi connectivity index (χ1n) is 7.08. The largest absolute Gasteiger partial charge is 0.370 e. The van der Waals surface area contributed by atoms with Crippen LogP contribution in [0.15, 0.2) is 0 Å². The smallest absolute Gasteiger partial charge is 0.134 e. The van der Waals surface area contributed by atoms with Gasteiger partial charge < -0.3 is 10.6 Å². The second-order valence-electron chi connectivity index (χ2n) is 4.48. The van der Waals surface area contributed by atoms with Crippen molar-refractivity contribution in [3.63, 3.8) is 0 Å². The summed E-state index contributed by atoms with van der Waals surface area (Å²) in [7, 11) is 0. The number of hydrogen-bond acceptors (Lipinski definition) is 4. The molecule has 1 rings (SSSR count). The number of nitrogens with zero attached hydrogens (tertiary/aromatic N) is 2. The van der Waals surface area contributed by atoms with Gasteiger partial charge in [-0.25, -0.2) is 9.97 Å². The van der Waals surface area contributed by atoms with E-state index in [1.165, 1.54) is 19.3 Å². The van der Waals surface area contributed by atoms with Crippen LogP contribution in [-0.2, 0) is 6.42 Å². The van der Waals surface area contributed by atoms with Gasteiger partial charge in [-0.15, -0.1) is 0 Å². The number of aryl methyl sites for hydroxylation is 1. The molecule has 0 fully saturated rings. The molecule has 102 valence electrons. The van der Waals surface area contributed by atoms with E-state index < -0.39 is 0 Å². The highest BCUT2D eigenvalue weighted by atomic mass is 15.1. The lowest BCUT2D eigenvalue weighted by atomic mass is 10.2. The minimum absolute atomic E-state index is 0.863. The second-order valence-corrected chi connectivity index (χ2v) is 4.48. The lowest BCUT2D eigenvalue weighted by Crippen LogP contribution is -2.11. The Bertz CT molecular complexity index is 363. The van der Waals surface area contributed by atoms with E-state index in [-0.39, 0.29) is 0 Å². The van der Waals surface area contributed by atoms with Crippen molar-refractivity contribution in [3.8, 4) is 0 Å². The molecule has 0 radical (unpaired) electrons. The van der Waals surface area contributed by atoms with E-state index in [4.69, 9.17) is 0 Å². The topological polar surface area (TPSA) is 49.8 Å². The molecule has 0 saturated heterocycles. The fourth-order valence-electron chi connectivity index (χ4n) is 1.81. The van der Waals surface area contributed by atoms with Gasteiger partial charge >= 0.3 is 0 Å². The number of aromatic nitrogens is 2. The summed E-state index contributed by atoms with van der Waals surface area (Å²) < 4.78 is 0. The van der Waals surface area contributed by atoms with Crippen LogP contribution in [0.5, 0.6) is 0 Å². The molecule has 2 N–H and O–H groups in total. The van der Waals surface area contributed by atoms with Crippen LogP contribution in [0.3, 0.4) is 0 Å². The highest BCUT2D eigenvalue weighted by molar-refractivity contribution is 5.57. The van der Waals surface area contributed by atoms with Gasteiger partial charge in [-0.05, 0) is 20.3 Å². The third-order valence-corrected chi connectivity index (χ3v) is 2.93. The Kier molecular flexibility index (Phi) is 6.47. The van der Waals surface area contributed by atoms with Crippen molar-refractivity contribution < 1.29 is 0 Å². The molecule has 0 aliphatic rings. The predicted octanol–water partition coefficient (Wildman–Crippen LogP) is 3.38. The van der Waals surface area contributed by atoms with Gasteiger partial charge in [0, 0.05) is 25.1 Å². The third-order valence-electron chi connectivity index (χ3n) is 2.93. The maximum absolute atomic E-state index is 4.57. The average molecular weight is 250 g/mol. The molecule has 0 spiro atoms. The molecule has 0 atom stereocenters. The zero-order valence-corrected chi connectivity index (χ0v) is 12.1. The van der Waals surface area contributed by atoms with E-state index in [0.717, 1.165) is 42.5 Å².